The molecule has 0 radical (unpaired) electrons. The number of aryl methyl sites for hydroxylation is 2. The number of anilines is 1. The van der Waals surface area contributed by atoms with E-state index in [1.165, 1.54) is 0 Å². The van der Waals surface area contributed by atoms with Crippen LogP contribution in [-0.2, 0) is 6.42 Å². The molecule has 2 aromatic carbocycles. The second-order valence-electron chi connectivity index (χ2n) is 5.99. The van der Waals surface area contributed by atoms with Gasteiger partial charge >= 0.3 is 6.03 Å². The minimum Gasteiger partial charge on any atom is -0.493 e. The molecule has 0 aliphatic carbocycles. The Morgan fingerprint density at radius 1 is 1.15 bits per heavy atom. The molecule has 0 fully saturated rings. The number of ether oxygens (including phenoxy) is 2. The number of halogens is 1. The molecule has 2 aromatic rings. The van der Waals surface area contributed by atoms with Crippen LogP contribution >= 0.6 is 11.6 Å². The van der Waals surface area contributed by atoms with Gasteiger partial charge in [0.2, 0.25) is 0 Å². The van der Waals surface area contributed by atoms with Gasteiger partial charge in [-0.3, -0.25) is 0 Å². The molecule has 2 rings (SSSR count). The highest BCUT2D eigenvalue weighted by molar-refractivity contribution is 6.34. The summed E-state index contributed by atoms with van der Waals surface area (Å²) in [5.41, 5.74) is 3.68. The minimum atomic E-state index is -0.281. The first kappa shape index (κ1) is 19.9. The molecule has 0 saturated carbocycles. The second kappa shape index (κ2) is 9.34. The molecule has 0 aromatic heterocycles. The molecule has 26 heavy (non-hydrogen) atoms. The van der Waals surface area contributed by atoms with E-state index < -0.39 is 0 Å². The Balaban J connectivity index is 1.91. The van der Waals surface area contributed by atoms with Gasteiger partial charge in [0.1, 0.15) is 0 Å². The van der Waals surface area contributed by atoms with Crippen LogP contribution in [0.15, 0.2) is 30.3 Å². The first-order valence-electron chi connectivity index (χ1n) is 8.56. The zero-order chi connectivity index (χ0) is 19.1. The predicted molar refractivity (Wildman–Crippen MR) is 106 cm³/mol. The number of benzene rings is 2. The fraction of sp³-hybridized carbons (Fsp3) is 0.350. The maximum atomic E-state index is 12.1. The molecule has 2 N–H and O–H groups in total. The molecule has 0 unspecified atom stereocenters. The predicted octanol–water partition coefficient (Wildman–Crippen LogP) is 4.73. The van der Waals surface area contributed by atoms with Crippen LogP contribution < -0.4 is 20.1 Å². The lowest BCUT2D eigenvalue weighted by atomic mass is 10.1. The molecule has 0 spiro atoms. The molecular weight excluding hydrogens is 352 g/mol. The quantitative estimate of drug-likeness (QED) is 0.734. The monoisotopic (exact) mass is 376 g/mol. The Hall–Kier alpha value is -2.40. The van der Waals surface area contributed by atoms with Gasteiger partial charge in [0.25, 0.3) is 0 Å². The molecule has 0 aliphatic rings. The van der Waals surface area contributed by atoms with Crippen molar-refractivity contribution in [1.82, 2.24) is 5.32 Å². The number of carbonyl (C=O) groups excluding carboxylic acids is 1. The summed E-state index contributed by atoms with van der Waals surface area (Å²) in [7, 11) is 1.61. The van der Waals surface area contributed by atoms with Crippen LogP contribution in [0.25, 0.3) is 0 Å². The zero-order valence-corrected chi connectivity index (χ0v) is 16.4. The molecule has 0 atom stereocenters. The summed E-state index contributed by atoms with van der Waals surface area (Å²) in [6.45, 7) is 6.89. The van der Waals surface area contributed by atoms with Gasteiger partial charge in [-0.15, -0.1) is 0 Å². The smallest absolute Gasteiger partial charge is 0.319 e. The number of hydrogen-bond donors (Lipinski definition) is 2. The van der Waals surface area contributed by atoms with Crippen molar-refractivity contribution in [1.29, 1.82) is 0 Å². The Morgan fingerprint density at radius 2 is 1.92 bits per heavy atom. The van der Waals surface area contributed by atoms with Crippen molar-refractivity contribution in [3.8, 4) is 11.5 Å². The third-order valence-corrected chi connectivity index (χ3v) is 4.20. The highest BCUT2D eigenvalue weighted by Gasteiger charge is 2.10. The normalized spacial score (nSPS) is 10.3. The average molecular weight is 377 g/mol. The van der Waals surface area contributed by atoms with Gasteiger partial charge in [-0.05, 0) is 62.1 Å². The van der Waals surface area contributed by atoms with Gasteiger partial charge in [-0.2, -0.15) is 0 Å². The van der Waals surface area contributed by atoms with Gasteiger partial charge in [0.05, 0.1) is 24.4 Å². The van der Waals surface area contributed by atoms with Crippen LogP contribution in [0.5, 0.6) is 11.5 Å². The van der Waals surface area contributed by atoms with E-state index >= 15 is 0 Å². The van der Waals surface area contributed by atoms with E-state index in [1.54, 1.807) is 7.11 Å². The van der Waals surface area contributed by atoms with Crippen molar-refractivity contribution < 1.29 is 14.3 Å². The number of amides is 2. The number of hydrogen-bond acceptors (Lipinski definition) is 3. The Morgan fingerprint density at radius 3 is 2.58 bits per heavy atom. The molecule has 5 nitrogen and oxygen atoms in total. The summed E-state index contributed by atoms with van der Waals surface area (Å²) < 4.78 is 10.8. The van der Waals surface area contributed by atoms with E-state index in [-0.39, 0.29) is 6.03 Å². The highest BCUT2D eigenvalue weighted by atomic mass is 35.5. The number of rotatable bonds is 7. The van der Waals surface area contributed by atoms with Crippen molar-refractivity contribution in [3.63, 3.8) is 0 Å². The molecule has 0 aliphatic heterocycles. The number of methoxy groups -OCH3 is 1. The van der Waals surface area contributed by atoms with Gasteiger partial charge in [0, 0.05) is 6.54 Å². The number of carbonyl (C=O) groups is 1. The largest absolute Gasteiger partial charge is 0.493 e. The summed E-state index contributed by atoms with van der Waals surface area (Å²) in [5, 5.41) is 6.19. The van der Waals surface area contributed by atoms with E-state index in [2.05, 4.69) is 10.6 Å². The fourth-order valence-corrected chi connectivity index (χ4v) is 3.06. The van der Waals surface area contributed by atoms with E-state index in [4.69, 9.17) is 21.1 Å². The van der Waals surface area contributed by atoms with Crippen LogP contribution in [-0.4, -0.2) is 26.3 Å². The van der Waals surface area contributed by atoms with Crippen LogP contribution in [0.2, 0.25) is 5.02 Å². The number of urea groups is 1. The van der Waals surface area contributed by atoms with E-state index in [0.717, 1.165) is 16.7 Å². The van der Waals surface area contributed by atoms with Crippen molar-refractivity contribution in [2.45, 2.75) is 27.2 Å². The van der Waals surface area contributed by atoms with Crippen molar-refractivity contribution in [2.75, 3.05) is 25.6 Å². The standard InChI is InChI=1S/C20H25ClN2O3/c1-5-26-17-7-6-15(12-18(17)25-4)8-9-22-20(24)23-19-14(3)10-13(2)11-16(19)21/h6-7,10-12H,5,8-9H2,1-4H3,(H2,22,23,24). The summed E-state index contributed by atoms with van der Waals surface area (Å²) >= 11 is 6.21. The number of nitrogens with one attached hydrogen (secondary N) is 2. The fourth-order valence-electron chi connectivity index (χ4n) is 2.69. The molecule has 2 amide bonds. The average Bonchev–Trinajstić information content (AvgIpc) is 2.59. The Bertz CT molecular complexity index is 755. The van der Waals surface area contributed by atoms with Gasteiger partial charge < -0.3 is 20.1 Å². The lowest BCUT2D eigenvalue weighted by Crippen LogP contribution is -2.30. The van der Waals surface area contributed by atoms with Gasteiger partial charge in [-0.1, -0.05) is 23.7 Å². The molecule has 0 saturated heterocycles. The first-order valence-corrected chi connectivity index (χ1v) is 8.93. The molecule has 140 valence electrons. The van der Waals surface area contributed by atoms with Crippen molar-refractivity contribution in [2.24, 2.45) is 0 Å². The van der Waals surface area contributed by atoms with Gasteiger partial charge in [0.15, 0.2) is 11.5 Å². The summed E-state index contributed by atoms with van der Waals surface area (Å²) in [6.07, 6.45) is 0.677. The zero-order valence-electron chi connectivity index (χ0n) is 15.6. The maximum Gasteiger partial charge on any atom is 0.319 e. The summed E-state index contributed by atoms with van der Waals surface area (Å²) in [4.78, 5) is 12.1. The van der Waals surface area contributed by atoms with Crippen LogP contribution in [0.4, 0.5) is 10.5 Å². The summed E-state index contributed by atoms with van der Waals surface area (Å²) in [5.74, 6) is 1.41. The maximum absolute atomic E-state index is 12.1. The Kier molecular flexibility index (Phi) is 7.16. The van der Waals surface area contributed by atoms with Gasteiger partial charge in [-0.25, -0.2) is 4.79 Å². The van der Waals surface area contributed by atoms with Crippen molar-refractivity contribution >= 4 is 23.3 Å². The van der Waals surface area contributed by atoms with E-state index in [0.29, 0.717) is 41.8 Å². The molecular formula is C20H25ClN2O3. The topological polar surface area (TPSA) is 59.6 Å². The van der Waals surface area contributed by atoms with Crippen molar-refractivity contribution in [3.05, 3.63) is 52.0 Å². The van der Waals surface area contributed by atoms with E-state index in [9.17, 15) is 4.79 Å². The minimum absolute atomic E-state index is 0.281. The second-order valence-corrected chi connectivity index (χ2v) is 6.39. The van der Waals surface area contributed by atoms with E-state index in [1.807, 2.05) is 51.1 Å². The molecule has 0 heterocycles. The summed E-state index contributed by atoms with van der Waals surface area (Å²) in [6, 6.07) is 9.30. The lowest BCUT2D eigenvalue weighted by molar-refractivity contribution is 0.252. The molecule has 0 bridgehead atoms. The first-order chi connectivity index (χ1) is 12.4. The lowest BCUT2D eigenvalue weighted by Gasteiger charge is -2.13. The third-order valence-electron chi connectivity index (χ3n) is 3.90. The van der Waals surface area contributed by atoms with Crippen LogP contribution in [0, 0.1) is 13.8 Å². The SMILES string of the molecule is CCOc1ccc(CCNC(=O)Nc2c(C)cc(C)cc2Cl)cc1OC. The van der Waals surface area contributed by atoms with Crippen LogP contribution in [0.3, 0.4) is 0 Å². The Labute approximate surface area is 159 Å². The highest BCUT2D eigenvalue weighted by Crippen LogP contribution is 2.28. The van der Waals surface area contributed by atoms with Crippen LogP contribution in [0.1, 0.15) is 23.6 Å². The molecule has 6 heteroatoms. The third kappa shape index (κ3) is 5.30.